The minimum Gasteiger partial charge on any atom is -0.508 e. The minimum absolute atomic E-state index is 0. The SMILES string of the molecule is CC(C)(C)c1ccc(CC(=O)C2CCc3cccc(C(F)(F)F)c3O2)cc1O.[HH]. The van der Waals surface area contributed by atoms with Crippen LogP contribution in [0.3, 0.4) is 0 Å². The van der Waals surface area contributed by atoms with Crippen LogP contribution in [-0.4, -0.2) is 17.0 Å². The lowest BCUT2D eigenvalue weighted by Crippen LogP contribution is -2.33. The van der Waals surface area contributed by atoms with Crippen LogP contribution in [0.2, 0.25) is 0 Å². The molecule has 0 radical (unpaired) electrons. The molecule has 6 heteroatoms. The van der Waals surface area contributed by atoms with Gasteiger partial charge >= 0.3 is 6.18 Å². The number of para-hydroxylation sites is 1. The number of hydrogen-bond acceptors (Lipinski definition) is 3. The average molecular weight is 394 g/mol. The summed E-state index contributed by atoms with van der Waals surface area (Å²) >= 11 is 0. The fourth-order valence-corrected chi connectivity index (χ4v) is 3.50. The highest BCUT2D eigenvalue weighted by molar-refractivity contribution is 5.86. The maximum absolute atomic E-state index is 13.2. The van der Waals surface area contributed by atoms with Crippen LogP contribution in [0.5, 0.6) is 11.5 Å². The van der Waals surface area contributed by atoms with Crippen molar-refractivity contribution in [2.75, 3.05) is 0 Å². The highest BCUT2D eigenvalue weighted by Gasteiger charge is 2.38. The fourth-order valence-electron chi connectivity index (χ4n) is 3.50. The van der Waals surface area contributed by atoms with Crippen LogP contribution in [0, 0.1) is 0 Å². The maximum Gasteiger partial charge on any atom is 0.419 e. The number of halogens is 3. The first-order valence-electron chi connectivity index (χ1n) is 9.17. The van der Waals surface area contributed by atoms with E-state index < -0.39 is 17.8 Å². The second-order valence-electron chi connectivity index (χ2n) is 8.18. The summed E-state index contributed by atoms with van der Waals surface area (Å²) in [6, 6.07) is 8.99. The number of aryl methyl sites for hydroxylation is 1. The summed E-state index contributed by atoms with van der Waals surface area (Å²) < 4.78 is 45.2. The van der Waals surface area contributed by atoms with Gasteiger partial charge < -0.3 is 9.84 Å². The highest BCUT2D eigenvalue weighted by Crippen LogP contribution is 2.41. The number of aromatic hydroxyl groups is 1. The van der Waals surface area contributed by atoms with Gasteiger partial charge in [-0.05, 0) is 47.1 Å². The van der Waals surface area contributed by atoms with Gasteiger partial charge in [0.25, 0.3) is 0 Å². The van der Waals surface area contributed by atoms with E-state index in [4.69, 9.17) is 4.74 Å². The van der Waals surface area contributed by atoms with Crippen LogP contribution in [0.15, 0.2) is 36.4 Å². The molecule has 1 unspecified atom stereocenters. The van der Waals surface area contributed by atoms with E-state index in [0.717, 1.165) is 11.6 Å². The molecule has 3 rings (SSSR count). The highest BCUT2D eigenvalue weighted by atomic mass is 19.4. The third kappa shape index (κ3) is 4.16. The second-order valence-corrected chi connectivity index (χ2v) is 8.18. The first-order chi connectivity index (χ1) is 13.0. The Morgan fingerprint density at radius 1 is 1.18 bits per heavy atom. The predicted molar refractivity (Wildman–Crippen MR) is 102 cm³/mol. The molecule has 1 heterocycles. The molecule has 0 spiro atoms. The van der Waals surface area contributed by atoms with Gasteiger partial charge in [0, 0.05) is 7.85 Å². The fraction of sp³-hybridized carbons (Fsp3) is 0.409. The first-order valence-corrected chi connectivity index (χ1v) is 9.17. The molecular formula is C22H25F3O3. The van der Waals surface area contributed by atoms with Crippen molar-refractivity contribution in [2.45, 2.75) is 57.7 Å². The van der Waals surface area contributed by atoms with E-state index in [1.54, 1.807) is 18.2 Å². The normalized spacial score (nSPS) is 17.0. The van der Waals surface area contributed by atoms with Crippen molar-refractivity contribution in [1.82, 2.24) is 0 Å². The summed E-state index contributed by atoms with van der Waals surface area (Å²) in [6.07, 6.45) is -4.79. The van der Waals surface area contributed by atoms with E-state index in [0.29, 0.717) is 24.0 Å². The smallest absolute Gasteiger partial charge is 0.419 e. The molecule has 0 bridgehead atoms. The van der Waals surface area contributed by atoms with E-state index in [9.17, 15) is 23.1 Å². The van der Waals surface area contributed by atoms with Crippen molar-refractivity contribution < 1.29 is 29.2 Å². The molecule has 3 nitrogen and oxygen atoms in total. The van der Waals surface area contributed by atoms with Crippen LogP contribution < -0.4 is 4.74 Å². The number of hydrogen-bond donors (Lipinski definition) is 1. The van der Waals surface area contributed by atoms with Gasteiger partial charge in [-0.2, -0.15) is 13.2 Å². The van der Waals surface area contributed by atoms with Gasteiger partial charge in [-0.15, -0.1) is 0 Å². The number of fused-ring (bicyclic) bond motifs is 1. The number of ether oxygens (including phenoxy) is 1. The lowest BCUT2D eigenvalue weighted by molar-refractivity contribution is -0.141. The van der Waals surface area contributed by atoms with Crippen molar-refractivity contribution in [2.24, 2.45) is 0 Å². The number of carbonyl (C=O) groups is 1. The Balaban J connectivity index is 0.00000300. The molecule has 1 aliphatic heterocycles. The van der Waals surface area contributed by atoms with Crippen molar-refractivity contribution >= 4 is 5.78 Å². The molecule has 0 saturated heterocycles. The van der Waals surface area contributed by atoms with E-state index in [1.807, 2.05) is 20.8 Å². The molecule has 0 aliphatic carbocycles. The number of phenolic OH excluding ortho intramolecular Hbond substituents is 1. The minimum atomic E-state index is -4.54. The summed E-state index contributed by atoms with van der Waals surface area (Å²) in [4.78, 5) is 12.6. The Kier molecular flexibility index (Phi) is 5.17. The molecule has 1 aliphatic rings. The third-order valence-electron chi connectivity index (χ3n) is 4.95. The molecule has 1 N–H and O–H groups in total. The van der Waals surface area contributed by atoms with E-state index in [1.165, 1.54) is 12.1 Å². The molecule has 0 amide bonds. The van der Waals surface area contributed by atoms with Crippen LogP contribution >= 0.6 is 0 Å². The largest absolute Gasteiger partial charge is 0.508 e. The number of benzene rings is 2. The number of alkyl halides is 3. The van der Waals surface area contributed by atoms with Crippen LogP contribution in [0.1, 0.15) is 50.9 Å². The van der Waals surface area contributed by atoms with Gasteiger partial charge in [0.15, 0.2) is 11.9 Å². The molecule has 0 aromatic heterocycles. The molecule has 0 fully saturated rings. The number of rotatable bonds is 3. The number of Topliss-reactive ketones (excluding diaryl/α,β-unsaturated/α-hetero) is 1. The average Bonchev–Trinajstić information content (AvgIpc) is 2.58. The second kappa shape index (κ2) is 7.15. The summed E-state index contributed by atoms with van der Waals surface area (Å²) in [7, 11) is 0. The first kappa shape index (κ1) is 20.2. The van der Waals surface area contributed by atoms with Crippen molar-refractivity contribution in [3.05, 3.63) is 58.7 Å². The summed E-state index contributed by atoms with van der Waals surface area (Å²) in [5.74, 6) is -0.442. The lowest BCUT2D eigenvalue weighted by Gasteiger charge is -2.27. The van der Waals surface area contributed by atoms with Gasteiger partial charge in [0.1, 0.15) is 11.5 Å². The Morgan fingerprint density at radius 3 is 2.50 bits per heavy atom. The third-order valence-corrected chi connectivity index (χ3v) is 4.95. The zero-order valence-electron chi connectivity index (χ0n) is 16.1. The molecule has 0 saturated carbocycles. The van der Waals surface area contributed by atoms with Crippen LogP contribution in [-0.2, 0) is 29.2 Å². The summed E-state index contributed by atoms with van der Waals surface area (Å²) in [5, 5.41) is 10.2. The molecule has 2 aromatic rings. The lowest BCUT2D eigenvalue weighted by atomic mass is 9.85. The Morgan fingerprint density at radius 2 is 1.89 bits per heavy atom. The molecule has 2 aromatic carbocycles. The Labute approximate surface area is 163 Å². The van der Waals surface area contributed by atoms with E-state index in [-0.39, 0.29) is 30.5 Å². The van der Waals surface area contributed by atoms with Crippen LogP contribution in [0.25, 0.3) is 0 Å². The van der Waals surface area contributed by atoms with Gasteiger partial charge in [-0.3, -0.25) is 4.79 Å². The van der Waals surface area contributed by atoms with Gasteiger partial charge in [0.2, 0.25) is 0 Å². The van der Waals surface area contributed by atoms with Gasteiger partial charge in [-0.1, -0.05) is 45.0 Å². The molecular weight excluding hydrogens is 369 g/mol. The molecule has 1 atom stereocenters. The number of ketones is 1. The monoisotopic (exact) mass is 394 g/mol. The van der Waals surface area contributed by atoms with Crippen molar-refractivity contribution in [3.8, 4) is 11.5 Å². The quantitative estimate of drug-likeness (QED) is 0.752. The predicted octanol–water partition coefficient (Wildman–Crippen LogP) is 5.46. The number of phenols is 1. The maximum atomic E-state index is 13.2. The Bertz CT molecular complexity index is 901. The number of carbonyl (C=O) groups excluding carboxylic acids is 1. The van der Waals surface area contributed by atoms with E-state index >= 15 is 0 Å². The van der Waals surface area contributed by atoms with Gasteiger partial charge in [0.05, 0.1) is 5.56 Å². The zero-order chi connectivity index (χ0) is 20.7. The Hall–Kier alpha value is -2.50. The molecule has 28 heavy (non-hydrogen) atoms. The molecule has 152 valence electrons. The van der Waals surface area contributed by atoms with E-state index in [2.05, 4.69) is 0 Å². The van der Waals surface area contributed by atoms with Crippen LogP contribution in [0.4, 0.5) is 13.2 Å². The van der Waals surface area contributed by atoms with Crippen molar-refractivity contribution in [3.63, 3.8) is 0 Å². The van der Waals surface area contributed by atoms with Gasteiger partial charge in [-0.25, -0.2) is 0 Å². The zero-order valence-corrected chi connectivity index (χ0v) is 16.1. The topological polar surface area (TPSA) is 46.5 Å². The standard InChI is InChI=1S/C22H23F3O3.H2/c1-21(2,3)15-9-7-13(11-17(15)26)12-18(27)19-10-8-14-5-4-6-16(20(14)28-19)22(23,24)25;/h4-7,9,11,19,26H,8,10,12H2,1-3H3;1H. The van der Waals surface area contributed by atoms with Crippen molar-refractivity contribution in [1.29, 1.82) is 0 Å². The summed E-state index contributed by atoms with van der Waals surface area (Å²) in [5.41, 5.74) is 0.743. The summed E-state index contributed by atoms with van der Waals surface area (Å²) in [6.45, 7) is 5.91.